The molecule has 3 amide bonds. The van der Waals surface area contributed by atoms with E-state index in [0.29, 0.717) is 0 Å². The van der Waals surface area contributed by atoms with Gasteiger partial charge in [0.2, 0.25) is 17.7 Å². The van der Waals surface area contributed by atoms with E-state index in [1.165, 1.54) is 0 Å². The van der Waals surface area contributed by atoms with Crippen molar-refractivity contribution in [2.45, 2.75) is 32.4 Å². The van der Waals surface area contributed by atoms with Gasteiger partial charge in [0.05, 0.1) is 12.5 Å². The number of nitrogens with two attached hydrogens (primary N) is 3. The minimum Gasteiger partial charge on any atom is -0.370 e. The van der Waals surface area contributed by atoms with Crippen molar-refractivity contribution in [3.05, 3.63) is 0 Å². The molecule has 0 aromatic rings. The molecule has 16 heavy (non-hydrogen) atoms. The molecule has 92 valence electrons. The van der Waals surface area contributed by atoms with Crippen LogP contribution < -0.4 is 22.5 Å². The van der Waals surface area contributed by atoms with Gasteiger partial charge in [0.1, 0.15) is 6.04 Å². The number of rotatable bonds is 6. The molecule has 2 atom stereocenters. The summed E-state index contributed by atoms with van der Waals surface area (Å²) in [5.41, 5.74) is 15.5. The fourth-order valence-corrected chi connectivity index (χ4v) is 0.995. The van der Waals surface area contributed by atoms with Gasteiger partial charge in [-0.1, -0.05) is 13.8 Å². The molecular weight excluding hydrogens is 212 g/mol. The van der Waals surface area contributed by atoms with Crippen molar-refractivity contribution >= 4 is 17.7 Å². The molecule has 0 aliphatic heterocycles. The highest BCUT2D eigenvalue weighted by Crippen LogP contribution is 1.99. The highest BCUT2D eigenvalue weighted by Gasteiger charge is 2.24. The molecule has 2 unspecified atom stereocenters. The first kappa shape index (κ1) is 14.4. The average molecular weight is 230 g/mol. The van der Waals surface area contributed by atoms with Gasteiger partial charge in [-0.15, -0.1) is 0 Å². The summed E-state index contributed by atoms with van der Waals surface area (Å²) < 4.78 is 0. The molecule has 0 heterocycles. The SMILES string of the molecule is CC(C)C(N)C(=O)NC(CC(N)=O)C(N)=O. The number of hydrogen-bond donors (Lipinski definition) is 4. The second-order valence-corrected chi connectivity index (χ2v) is 3.90. The maximum Gasteiger partial charge on any atom is 0.240 e. The van der Waals surface area contributed by atoms with Crippen LogP contribution in [0.2, 0.25) is 0 Å². The Morgan fingerprint density at radius 2 is 1.69 bits per heavy atom. The maximum atomic E-state index is 11.5. The fourth-order valence-electron chi connectivity index (χ4n) is 0.995. The first-order chi connectivity index (χ1) is 7.25. The zero-order chi connectivity index (χ0) is 12.9. The van der Waals surface area contributed by atoms with Crippen LogP contribution in [-0.4, -0.2) is 29.8 Å². The van der Waals surface area contributed by atoms with E-state index >= 15 is 0 Å². The Balaban J connectivity index is 4.46. The van der Waals surface area contributed by atoms with Crippen LogP contribution in [0, 0.1) is 5.92 Å². The number of nitrogens with one attached hydrogen (secondary N) is 1. The first-order valence-electron chi connectivity index (χ1n) is 4.89. The molecule has 7 heteroatoms. The Hall–Kier alpha value is -1.63. The molecule has 0 aromatic carbocycles. The summed E-state index contributed by atoms with van der Waals surface area (Å²) in [5, 5.41) is 2.29. The monoisotopic (exact) mass is 230 g/mol. The van der Waals surface area contributed by atoms with Crippen LogP contribution in [0.5, 0.6) is 0 Å². The van der Waals surface area contributed by atoms with E-state index in [0.717, 1.165) is 0 Å². The van der Waals surface area contributed by atoms with Crippen LogP contribution >= 0.6 is 0 Å². The lowest BCUT2D eigenvalue weighted by molar-refractivity contribution is -0.130. The van der Waals surface area contributed by atoms with Crippen LogP contribution in [0.25, 0.3) is 0 Å². The van der Waals surface area contributed by atoms with E-state index in [1.54, 1.807) is 13.8 Å². The van der Waals surface area contributed by atoms with Crippen LogP contribution in [0.4, 0.5) is 0 Å². The molecule has 7 nitrogen and oxygen atoms in total. The van der Waals surface area contributed by atoms with Gasteiger partial charge in [0.15, 0.2) is 0 Å². The van der Waals surface area contributed by atoms with Gasteiger partial charge < -0.3 is 22.5 Å². The maximum absolute atomic E-state index is 11.5. The van der Waals surface area contributed by atoms with Crippen molar-refractivity contribution in [2.24, 2.45) is 23.1 Å². The Kier molecular flexibility index (Phi) is 5.44. The van der Waals surface area contributed by atoms with Crippen LogP contribution in [0.1, 0.15) is 20.3 Å². The molecule has 7 N–H and O–H groups in total. The van der Waals surface area contributed by atoms with E-state index < -0.39 is 29.8 Å². The topological polar surface area (TPSA) is 141 Å². The number of carbonyl (C=O) groups excluding carboxylic acids is 3. The Bertz CT molecular complexity index is 290. The largest absolute Gasteiger partial charge is 0.370 e. The molecule has 0 radical (unpaired) electrons. The third-order valence-electron chi connectivity index (χ3n) is 2.09. The zero-order valence-corrected chi connectivity index (χ0v) is 9.40. The van der Waals surface area contributed by atoms with Crippen LogP contribution in [0.3, 0.4) is 0 Å². The Morgan fingerprint density at radius 3 is 2.00 bits per heavy atom. The molecule has 0 bridgehead atoms. The second-order valence-electron chi connectivity index (χ2n) is 3.90. The quantitative estimate of drug-likeness (QED) is 0.411. The van der Waals surface area contributed by atoms with Crippen LogP contribution in [0.15, 0.2) is 0 Å². The minimum absolute atomic E-state index is 0.0814. The number of amides is 3. The Morgan fingerprint density at radius 1 is 1.19 bits per heavy atom. The lowest BCUT2D eigenvalue weighted by Gasteiger charge is -2.19. The molecule has 0 spiro atoms. The van der Waals surface area contributed by atoms with Gasteiger partial charge in [-0.2, -0.15) is 0 Å². The third kappa shape index (κ3) is 4.74. The summed E-state index contributed by atoms with van der Waals surface area (Å²) in [5.74, 6) is -2.15. The van der Waals surface area contributed by atoms with Crippen molar-refractivity contribution in [3.8, 4) is 0 Å². The molecule has 0 aliphatic rings. The fraction of sp³-hybridized carbons (Fsp3) is 0.667. The average Bonchev–Trinajstić information content (AvgIpc) is 2.14. The first-order valence-corrected chi connectivity index (χ1v) is 4.89. The van der Waals surface area contributed by atoms with Crippen molar-refractivity contribution in [2.75, 3.05) is 0 Å². The summed E-state index contributed by atoms with van der Waals surface area (Å²) in [6.45, 7) is 3.52. The van der Waals surface area contributed by atoms with Crippen LogP contribution in [-0.2, 0) is 14.4 Å². The van der Waals surface area contributed by atoms with Crippen molar-refractivity contribution < 1.29 is 14.4 Å². The molecule has 0 saturated heterocycles. The molecule has 0 aliphatic carbocycles. The highest BCUT2D eigenvalue weighted by molar-refractivity contribution is 5.92. The smallest absolute Gasteiger partial charge is 0.240 e. The summed E-state index contributed by atoms with van der Waals surface area (Å²) >= 11 is 0. The minimum atomic E-state index is -1.10. The van der Waals surface area contributed by atoms with Gasteiger partial charge in [-0.3, -0.25) is 14.4 Å². The summed E-state index contributed by atoms with van der Waals surface area (Å²) in [4.78, 5) is 33.0. The van der Waals surface area contributed by atoms with Gasteiger partial charge in [0, 0.05) is 0 Å². The Labute approximate surface area is 93.7 Å². The normalized spacial score (nSPS) is 14.2. The van der Waals surface area contributed by atoms with E-state index in [2.05, 4.69) is 5.32 Å². The van der Waals surface area contributed by atoms with Crippen molar-refractivity contribution in [3.63, 3.8) is 0 Å². The van der Waals surface area contributed by atoms with E-state index in [4.69, 9.17) is 17.2 Å². The zero-order valence-electron chi connectivity index (χ0n) is 9.40. The summed E-state index contributed by atoms with van der Waals surface area (Å²) in [6.07, 6.45) is -0.327. The summed E-state index contributed by atoms with van der Waals surface area (Å²) in [6, 6.07) is -1.86. The number of primary amides is 2. The molecular formula is C9H18N4O3. The molecule has 0 fully saturated rings. The standard InChI is InChI=1S/C9H18N4O3/c1-4(2)7(11)9(16)13-5(8(12)15)3-6(10)14/h4-5,7H,3,11H2,1-2H3,(H2,10,14)(H2,12,15)(H,13,16). The third-order valence-corrected chi connectivity index (χ3v) is 2.09. The van der Waals surface area contributed by atoms with Gasteiger partial charge >= 0.3 is 0 Å². The lowest BCUT2D eigenvalue weighted by Crippen LogP contribution is -2.53. The van der Waals surface area contributed by atoms with Gasteiger partial charge in [0.25, 0.3) is 0 Å². The van der Waals surface area contributed by atoms with E-state index in [9.17, 15) is 14.4 Å². The van der Waals surface area contributed by atoms with Crippen molar-refractivity contribution in [1.82, 2.24) is 5.32 Å². The van der Waals surface area contributed by atoms with E-state index in [1.807, 2.05) is 0 Å². The number of hydrogen-bond acceptors (Lipinski definition) is 4. The highest BCUT2D eigenvalue weighted by atomic mass is 16.2. The van der Waals surface area contributed by atoms with Gasteiger partial charge in [-0.05, 0) is 5.92 Å². The summed E-state index contributed by atoms with van der Waals surface area (Å²) in [7, 11) is 0. The molecule has 0 saturated carbocycles. The predicted octanol–water partition coefficient (Wildman–Crippen LogP) is -2.18. The van der Waals surface area contributed by atoms with Gasteiger partial charge in [-0.25, -0.2) is 0 Å². The second kappa shape index (κ2) is 6.06. The van der Waals surface area contributed by atoms with Crippen molar-refractivity contribution in [1.29, 1.82) is 0 Å². The molecule has 0 rings (SSSR count). The molecule has 0 aromatic heterocycles. The number of carbonyl (C=O) groups is 3. The van der Waals surface area contributed by atoms with E-state index in [-0.39, 0.29) is 12.3 Å². The lowest BCUT2D eigenvalue weighted by atomic mass is 10.0. The predicted molar refractivity (Wildman–Crippen MR) is 57.7 cm³/mol.